The number of hydrogen-bond acceptors (Lipinski definition) is 6. The number of hydrogen-bond donors (Lipinski definition) is 0. The van der Waals surface area contributed by atoms with E-state index < -0.39 is 0 Å². The Morgan fingerprint density at radius 1 is 1.13 bits per heavy atom. The lowest BCUT2D eigenvalue weighted by molar-refractivity contribution is 0.401. The summed E-state index contributed by atoms with van der Waals surface area (Å²) in [6, 6.07) is 2.04. The van der Waals surface area contributed by atoms with Gasteiger partial charge in [-0.3, -0.25) is 15.0 Å². The van der Waals surface area contributed by atoms with Gasteiger partial charge in [0.1, 0.15) is 19.0 Å². The minimum atomic E-state index is 0.403. The van der Waals surface area contributed by atoms with E-state index >= 15 is 0 Å². The van der Waals surface area contributed by atoms with Gasteiger partial charge < -0.3 is 9.64 Å². The van der Waals surface area contributed by atoms with Crippen molar-refractivity contribution in [3.63, 3.8) is 0 Å². The molecule has 2 aliphatic heterocycles. The molecular formula is C17H15N5O. The monoisotopic (exact) mass is 305 g/mol. The van der Waals surface area contributed by atoms with Crippen LogP contribution in [-0.4, -0.2) is 30.2 Å². The first-order valence-electron chi connectivity index (χ1n) is 6.84. The van der Waals surface area contributed by atoms with E-state index in [9.17, 15) is 0 Å². The maximum atomic E-state index is 9.01. The Morgan fingerprint density at radius 3 is 2.96 bits per heavy atom. The number of nitrogens with zero attached hydrogens (tertiary/aromatic N) is 5. The summed E-state index contributed by atoms with van der Waals surface area (Å²) < 4.78 is 5.14. The van der Waals surface area contributed by atoms with E-state index in [1.807, 2.05) is 23.2 Å². The van der Waals surface area contributed by atoms with Gasteiger partial charge >= 0.3 is 0 Å². The zero-order chi connectivity index (χ0) is 16.2. The highest BCUT2D eigenvalue weighted by Crippen LogP contribution is 2.09. The number of rotatable bonds is 0. The Kier molecular flexibility index (Phi) is 6.56. The molecule has 23 heavy (non-hydrogen) atoms. The average Bonchev–Trinajstić information content (AvgIpc) is 3.01. The van der Waals surface area contributed by atoms with Gasteiger partial charge in [0.15, 0.2) is 0 Å². The Morgan fingerprint density at radius 2 is 2.04 bits per heavy atom. The number of ether oxygens (including phenoxy) is 1. The van der Waals surface area contributed by atoms with Crippen LogP contribution in [-0.2, 0) is 4.74 Å². The van der Waals surface area contributed by atoms with Crippen LogP contribution in [0.2, 0.25) is 0 Å². The van der Waals surface area contributed by atoms with Crippen molar-refractivity contribution < 1.29 is 4.74 Å². The van der Waals surface area contributed by atoms with Crippen molar-refractivity contribution in [2.24, 2.45) is 15.0 Å². The second kappa shape index (κ2) is 9.47. The van der Waals surface area contributed by atoms with Gasteiger partial charge in [-0.2, -0.15) is 5.26 Å². The molecule has 0 saturated carbocycles. The molecule has 0 aromatic carbocycles. The van der Waals surface area contributed by atoms with Crippen molar-refractivity contribution in [1.82, 2.24) is 4.90 Å². The Balaban J connectivity index is 2.19. The van der Waals surface area contributed by atoms with Crippen molar-refractivity contribution in [2.45, 2.75) is 0 Å². The number of aliphatic imine (C=N–C) groups is 3. The van der Waals surface area contributed by atoms with E-state index in [-0.39, 0.29) is 0 Å². The molecule has 114 valence electrons. The maximum absolute atomic E-state index is 9.01. The van der Waals surface area contributed by atoms with Crippen LogP contribution in [0.25, 0.3) is 0 Å². The largest absolute Gasteiger partial charge is 0.471 e. The van der Waals surface area contributed by atoms with Gasteiger partial charge in [-0.05, 0) is 24.3 Å². The van der Waals surface area contributed by atoms with Crippen molar-refractivity contribution >= 4 is 18.6 Å². The second-order valence-corrected chi connectivity index (χ2v) is 4.26. The highest BCUT2D eigenvalue weighted by atomic mass is 16.5. The van der Waals surface area contributed by atoms with E-state index in [1.165, 1.54) is 12.5 Å². The first-order chi connectivity index (χ1) is 11.4. The first kappa shape index (κ1) is 15.9. The van der Waals surface area contributed by atoms with E-state index in [0.717, 1.165) is 5.70 Å². The quantitative estimate of drug-likeness (QED) is 0.690. The van der Waals surface area contributed by atoms with Gasteiger partial charge in [-0.1, -0.05) is 6.08 Å². The first-order valence-corrected chi connectivity index (χ1v) is 6.84. The summed E-state index contributed by atoms with van der Waals surface area (Å²) in [6.07, 6.45) is 21.5. The summed E-state index contributed by atoms with van der Waals surface area (Å²) in [5, 5.41) is 9.01. The van der Waals surface area contributed by atoms with Gasteiger partial charge in [0.05, 0.1) is 23.7 Å². The normalized spacial score (nSPS) is 30.7. The highest BCUT2D eigenvalue weighted by molar-refractivity contribution is 6.16. The average molecular weight is 305 g/mol. The summed E-state index contributed by atoms with van der Waals surface area (Å²) in [5.74, 6) is 0. The fourth-order valence-corrected chi connectivity index (χ4v) is 1.58. The number of fused-ring (bicyclic) bond motifs is 1. The smallest absolute Gasteiger partial charge is 0.114 e. The molecule has 0 aromatic heterocycles. The molecule has 0 unspecified atom stereocenters. The fraction of sp³-hybridized carbons (Fsp3) is 0.0588. The Hall–Kier alpha value is -3.46. The van der Waals surface area contributed by atoms with Crippen LogP contribution in [0.1, 0.15) is 0 Å². The third kappa shape index (κ3) is 5.81. The highest BCUT2D eigenvalue weighted by Gasteiger charge is 2.08. The van der Waals surface area contributed by atoms with Crippen LogP contribution in [0, 0.1) is 11.3 Å². The predicted octanol–water partition coefficient (Wildman–Crippen LogP) is 2.85. The molecule has 0 aromatic rings. The predicted molar refractivity (Wildman–Crippen MR) is 91.6 cm³/mol. The molecule has 0 bridgehead atoms. The molecular weight excluding hydrogens is 290 g/mol. The van der Waals surface area contributed by atoms with Crippen molar-refractivity contribution in [3.8, 4) is 6.07 Å². The standard InChI is InChI=1S/C17H15N5O/c18-11-16-5-1-3-9-22-15-21-13-17(22)12-20-8-7-19-6-2-4-10-23-14-16/h1-10,12-14H,15H2/b5-1+,6-2+,9-3-,10-4-,16-14+,17-12+,19-7+,20-8-. The molecule has 0 fully saturated rings. The van der Waals surface area contributed by atoms with Gasteiger partial charge in [-0.25, -0.2) is 0 Å². The lowest BCUT2D eigenvalue weighted by atomic mass is 10.3. The summed E-state index contributed by atoms with van der Waals surface area (Å²) in [4.78, 5) is 14.3. The molecule has 2 aliphatic rings. The molecule has 0 atom stereocenters. The third-order valence-electron chi connectivity index (χ3n) is 2.65. The van der Waals surface area contributed by atoms with Crippen LogP contribution in [0.5, 0.6) is 0 Å². The summed E-state index contributed by atoms with van der Waals surface area (Å²) in [6.45, 7) is 0.539. The van der Waals surface area contributed by atoms with Gasteiger partial charge in [0.25, 0.3) is 0 Å². The topological polar surface area (TPSA) is 73.3 Å². The molecule has 2 heterocycles. The molecule has 0 spiro atoms. The molecule has 0 saturated heterocycles. The van der Waals surface area contributed by atoms with E-state index in [4.69, 9.17) is 10.00 Å². The molecule has 0 aliphatic carbocycles. The fourth-order valence-electron chi connectivity index (χ4n) is 1.58. The van der Waals surface area contributed by atoms with Gasteiger partial charge in [-0.15, -0.1) is 0 Å². The molecule has 0 N–H and O–H groups in total. The Labute approximate surface area is 134 Å². The van der Waals surface area contributed by atoms with Crippen LogP contribution in [0.3, 0.4) is 0 Å². The number of nitriles is 1. The zero-order valence-electron chi connectivity index (χ0n) is 12.4. The molecule has 0 radical (unpaired) electrons. The van der Waals surface area contributed by atoms with E-state index in [0.29, 0.717) is 12.2 Å². The summed E-state index contributed by atoms with van der Waals surface area (Å²) >= 11 is 0. The van der Waals surface area contributed by atoms with Crippen LogP contribution >= 0.6 is 0 Å². The van der Waals surface area contributed by atoms with E-state index in [2.05, 4.69) is 15.0 Å². The molecule has 2 rings (SSSR count). The minimum absolute atomic E-state index is 0.403. The van der Waals surface area contributed by atoms with Gasteiger partial charge in [0.2, 0.25) is 0 Å². The van der Waals surface area contributed by atoms with Crippen LogP contribution < -0.4 is 0 Å². The lowest BCUT2D eigenvalue weighted by Gasteiger charge is -2.10. The second-order valence-electron chi connectivity index (χ2n) is 4.26. The van der Waals surface area contributed by atoms with Crippen LogP contribution in [0.4, 0.5) is 0 Å². The number of allylic oxidation sites excluding steroid dienone is 7. The summed E-state index contributed by atoms with van der Waals surface area (Å²) in [7, 11) is 0. The third-order valence-corrected chi connectivity index (χ3v) is 2.65. The molecule has 0 amide bonds. The van der Waals surface area contributed by atoms with E-state index in [1.54, 1.807) is 55.3 Å². The van der Waals surface area contributed by atoms with Crippen molar-refractivity contribution in [2.75, 3.05) is 6.67 Å². The lowest BCUT2D eigenvalue weighted by Crippen LogP contribution is -2.10. The van der Waals surface area contributed by atoms with Crippen molar-refractivity contribution in [1.29, 1.82) is 5.26 Å². The zero-order valence-corrected chi connectivity index (χ0v) is 12.4. The maximum Gasteiger partial charge on any atom is 0.114 e. The summed E-state index contributed by atoms with van der Waals surface area (Å²) in [5.41, 5.74) is 1.28. The minimum Gasteiger partial charge on any atom is -0.471 e. The van der Waals surface area contributed by atoms with Crippen LogP contribution in [0.15, 0.2) is 87.8 Å². The SMILES string of the molecule is N#CC1=C\O\C=C/C=C/N=C/C=N\C=C2/C=NCN2\C=C/C=C/1. The molecule has 6 heteroatoms. The molecule has 6 nitrogen and oxygen atoms in total. The van der Waals surface area contributed by atoms with Crippen molar-refractivity contribution in [3.05, 3.63) is 72.8 Å². The van der Waals surface area contributed by atoms with Gasteiger partial charge in [0, 0.05) is 31.0 Å². The Bertz CT molecular complexity index is 712.